The third-order valence-electron chi connectivity index (χ3n) is 4.27. The molecule has 0 bridgehead atoms. The summed E-state index contributed by atoms with van der Waals surface area (Å²) in [5.41, 5.74) is 3.55. The van der Waals surface area contributed by atoms with Crippen molar-refractivity contribution in [1.29, 1.82) is 0 Å². The van der Waals surface area contributed by atoms with Crippen molar-refractivity contribution in [3.63, 3.8) is 0 Å². The van der Waals surface area contributed by atoms with Crippen LogP contribution in [-0.2, 0) is 6.54 Å². The third kappa shape index (κ3) is 6.57. The Morgan fingerprint density at radius 3 is 2.72 bits per heavy atom. The molecule has 0 aromatic heterocycles. The van der Waals surface area contributed by atoms with E-state index in [0.717, 1.165) is 5.56 Å². The van der Waals surface area contributed by atoms with E-state index in [1.165, 1.54) is 16.0 Å². The number of halogens is 3. The Kier molecular flexibility index (Phi) is 6.70. The minimum atomic E-state index is -4.14. The predicted molar refractivity (Wildman–Crippen MR) is 94.8 cm³/mol. The molecule has 25 heavy (non-hydrogen) atoms. The smallest absolute Gasteiger partial charge is 0.357 e. The second-order valence-corrected chi connectivity index (χ2v) is 6.61. The highest BCUT2D eigenvalue weighted by Gasteiger charge is 2.34. The molecule has 0 spiro atoms. The molecular formula is C18H27F3N4. The first kappa shape index (κ1) is 19.6. The minimum absolute atomic E-state index is 0.0146. The zero-order chi connectivity index (χ0) is 18.4. The average Bonchev–Trinajstić information content (AvgIpc) is 2.91. The number of nitrogens with zero attached hydrogens (tertiary/aromatic N) is 2. The molecule has 7 heteroatoms. The second kappa shape index (κ2) is 8.56. The van der Waals surface area contributed by atoms with Crippen molar-refractivity contribution < 1.29 is 13.2 Å². The van der Waals surface area contributed by atoms with Gasteiger partial charge in [0.2, 0.25) is 0 Å². The molecule has 0 aliphatic carbocycles. The first-order chi connectivity index (χ1) is 11.8. The fraction of sp³-hybridized carbons (Fsp3) is 0.611. The van der Waals surface area contributed by atoms with Crippen LogP contribution in [0.15, 0.2) is 23.2 Å². The quantitative estimate of drug-likeness (QED) is 0.629. The Morgan fingerprint density at radius 2 is 2.08 bits per heavy atom. The number of guanidine groups is 1. The molecule has 0 radical (unpaired) electrons. The van der Waals surface area contributed by atoms with Crippen LogP contribution in [-0.4, -0.2) is 49.3 Å². The maximum absolute atomic E-state index is 12.5. The fourth-order valence-electron chi connectivity index (χ4n) is 3.05. The van der Waals surface area contributed by atoms with Gasteiger partial charge in [0.25, 0.3) is 0 Å². The number of aryl methyl sites for hydroxylation is 2. The summed E-state index contributed by atoms with van der Waals surface area (Å²) in [5.74, 6) is 0.654. The van der Waals surface area contributed by atoms with E-state index in [9.17, 15) is 13.2 Å². The van der Waals surface area contributed by atoms with E-state index >= 15 is 0 Å². The largest absolute Gasteiger partial charge is 0.401 e. The number of nitrogens with one attached hydrogen (secondary N) is 2. The van der Waals surface area contributed by atoms with E-state index in [0.29, 0.717) is 38.6 Å². The zero-order valence-electron chi connectivity index (χ0n) is 15.1. The summed E-state index contributed by atoms with van der Waals surface area (Å²) < 4.78 is 37.5. The molecule has 140 valence electrons. The summed E-state index contributed by atoms with van der Waals surface area (Å²) >= 11 is 0. The molecule has 1 saturated heterocycles. The van der Waals surface area contributed by atoms with Crippen molar-refractivity contribution in [1.82, 2.24) is 15.5 Å². The van der Waals surface area contributed by atoms with Crippen LogP contribution in [0.2, 0.25) is 0 Å². The lowest BCUT2D eigenvalue weighted by Crippen LogP contribution is -2.45. The van der Waals surface area contributed by atoms with Gasteiger partial charge in [-0.2, -0.15) is 13.2 Å². The summed E-state index contributed by atoms with van der Waals surface area (Å²) in [7, 11) is 0. The van der Waals surface area contributed by atoms with Crippen molar-refractivity contribution in [2.24, 2.45) is 4.99 Å². The molecule has 4 nitrogen and oxygen atoms in total. The van der Waals surface area contributed by atoms with E-state index in [2.05, 4.69) is 47.7 Å². The molecular weight excluding hydrogens is 329 g/mol. The predicted octanol–water partition coefficient (Wildman–Crippen LogP) is 3.00. The molecule has 2 N–H and O–H groups in total. The number of hydrogen-bond acceptors (Lipinski definition) is 2. The SMILES string of the molecule is CCNC(=NCc1ccc(C)cc1C)NC1CCN(CC(F)(F)F)C1. The number of aliphatic imine (C=N–C) groups is 1. The summed E-state index contributed by atoms with van der Waals surface area (Å²) in [6.07, 6.45) is -3.46. The lowest BCUT2D eigenvalue weighted by Gasteiger charge is -2.20. The van der Waals surface area contributed by atoms with Crippen LogP contribution in [0.3, 0.4) is 0 Å². The van der Waals surface area contributed by atoms with Gasteiger partial charge in [0.1, 0.15) is 0 Å². The summed E-state index contributed by atoms with van der Waals surface area (Å²) in [4.78, 5) is 6.03. The van der Waals surface area contributed by atoms with Gasteiger partial charge in [-0.25, -0.2) is 4.99 Å². The van der Waals surface area contributed by atoms with Crippen molar-refractivity contribution in [3.05, 3.63) is 34.9 Å². The van der Waals surface area contributed by atoms with Crippen molar-refractivity contribution in [3.8, 4) is 0 Å². The number of hydrogen-bond donors (Lipinski definition) is 2. The van der Waals surface area contributed by atoms with Gasteiger partial charge in [0, 0.05) is 25.7 Å². The first-order valence-corrected chi connectivity index (χ1v) is 8.67. The second-order valence-electron chi connectivity index (χ2n) is 6.61. The molecule has 1 atom stereocenters. The number of likely N-dealkylation sites (tertiary alicyclic amines) is 1. The van der Waals surface area contributed by atoms with Crippen molar-refractivity contribution in [2.45, 2.75) is 46.0 Å². The molecule has 2 rings (SSSR count). The van der Waals surface area contributed by atoms with E-state index in [1.54, 1.807) is 0 Å². The lowest BCUT2D eigenvalue weighted by molar-refractivity contribution is -0.143. The normalized spacial score (nSPS) is 19.3. The summed E-state index contributed by atoms with van der Waals surface area (Å²) in [6.45, 7) is 7.32. The highest BCUT2D eigenvalue weighted by molar-refractivity contribution is 5.80. The van der Waals surface area contributed by atoms with Gasteiger partial charge < -0.3 is 10.6 Å². The van der Waals surface area contributed by atoms with Crippen LogP contribution in [0, 0.1) is 13.8 Å². The van der Waals surface area contributed by atoms with Crippen LogP contribution in [0.25, 0.3) is 0 Å². The van der Waals surface area contributed by atoms with Gasteiger partial charge in [-0.05, 0) is 38.3 Å². The van der Waals surface area contributed by atoms with Crippen molar-refractivity contribution in [2.75, 3.05) is 26.2 Å². The summed E-state index contributed by atoms with van der Waals surface area (Å²) in [6, 6.07) is 6.24. The molecule has 1 aromatic rings. The molecule has 1 fully saturated rings. The maximum atomic E-state index is 12.5. The first-order valence-electron chi connectivity index (χ1n) is 8.67. The molecule has 1 aliphatic rings. The molecule has 0 amide bonds. The molecule has 1 aromatic carbocycles. The van der Waals surface area contributed by atoms with Gasteiger partial charge in [-0.1, -0.05) is 23.8 Å². The lowest BCUT2D eigenvalue weighted by atomic mass is 10.1. The Labute approximate surface area is 147 Å². The third-order valence-corrected chi connectivity index (χ3v) is 4.27. The molecule has 1 heterocycles. The van der Waals surface area contributed by atoms with E-state index in [-0.39, 0.29) is 6.04 Å². The fourth-order valence-corrected chi connectivity index (χ4v) is 3.05. The van der Waals surface area contributed by atoms with Crippen LogP contribution in [0.1, 0.15) is 30.0 Å². The monoisotopic (exact) mass is 356 g/mol. The molecule has 1 unspecified atom stereocenters. The van der Waals surface area contributed by atoms with Gasteiger partial charge >= 0.3 is 6.18 Å². The van der Waals surface area contributed by atoms with Crippen molar-refractivity contribution >= 4 is 5.96 Å². The van der Waals surface area contributed by atoms with Gasteiger partial charge in [-0.15, -0.1) is 0 Å². The van der Waals surface area contributed by atoms with E-state index in [4.69, 9.17) is 0 Å². The minimum Gasteiger partial charge on any atom is -0.357 e. The maximum Gasteiger partial charge on any atom is 0.401 e. The highest BCUT2D eigenvalue weighted by Crippen LogP contribution is 2.20. The zero-order valence-corrected chi connectivity index (χ0v) is 15.1. The Bertz CT molecular complexity index is 598. The highest BCUT2D eigenvalue weighted by atomic mass is 19.4. The van der Waals surface area contributed by atoms with E-state index in [1.807, 2.05) is 6.92 Å². The van der Waals surface area contributed by atoms with Gasteiger partial charge in [-0.3, -0.25) is 4.90 Å². The molecule has 0 saturated carbocycles. The van der Waals surface area contributed by atoms with Crippen LogP contribution in [0.5, 0.6) is 0 Å². The van der Waals surface area contributed by atoms with E-state index < -0.39 is 12.7 Å². The van der Waals surface area contributed by atoms with Crippen LogP contribution < -0.4 is 10.6 Å². The van der Waals surface area contributed by atoms with Crippen LogP contribution in [0.4, 0.5) is 13.2 Å². The number of benzene rings is 1. The van der Waals surface area contributed by atoms with Gasteiger partial charge in [0.05, 0.1) is 13.1 Å². The Hall–Kier alpha value is -1.76. The topological polar surface area (TPSA) is 39.7 Å². The Balaban J connectivity index is 1.94. The Morgan fingerprint density at radius 1 is 1.32 bits per heavy atom. The summed E-state index contributed by atoms with van der Waals surface area (Å²) in [5, 5.41) is 6.44. The van der Waals surface area contributed by atoms with Gasteiger partial charge in [0.15, 0.2) is 5.96 Å². The number of rotatable bonds is 5. The standard InChI is InChI=1S/C18H27F3N4/c1-4-22-17(23-10-15-6-5-13(2)9-14(15)3)24-16-7-8-25(11-16)12-18(19,20)21/h5-6,9,16H,4,7-8,10-12H2,1-3H3,(H2,22,23,24). The van der Waals surface area contributed by atoms with Crippen LogP contribution >= 0.6 is 0 Å². The molecule has 1 aliphatic heterocycles. The average molecular weight is 356 g/mol. The number of alkyl halides is 3.